The highest BCUT2D eigenvalue weighted by Crippen LogP contribution is 2.31. The fourth-order valence-corrected chi connectivity index (χ4v) is 4.25. The van der Waals surface area contributed by atoms with E-state index in [2.05, 4.69) is 10.3 Å². The van der Waals surface area contributed by atoms with Gasteiger partial charge in [0.15, 0.2) is 6.10 Å². The molecule has 7 nitrogen and oxygen atoms in total. The van der Waals surface area contributed by atoms with E-state index >= 15 is 0 Å². The van der Waals surface area contributed by atoms with Crippen LogP contribution in [0.2, 0.25) is 5.02 Å². The van der Waals surface area contributed by atoms with E-state index in [4.69, 9.17) is 16.3 Å². The Morgan fingerprint density at radius 2 is 1.85 bits per heavy atom. The molecule has 2 unspecified atom stereocenters. The van der Waals surface area contributed by atoms with Crippen molar-refractivity contribution < 1.29 is 32.9 Å². The number of halogens is 4. The number of rotatable bonds is 11. The van der Waals surface area contributed by atoms with Gasteiger partial charge in [-0.05, 0) is 64.3 Å². The van der Waals surface area contributed by atoms with Crippen LogP contribution in [0.3, 0.4) is 0 Å². The van der Waals surface area contributed by atoms with Gasteiger partial charge in [0.2, 0.25) is 0 Å². The largest absolute Gasteiger partial charge is 0.480 e. The van der Waals surface area contributed by atoms with E-state index in [1.54, 1.807) is 13.8 Å². The lowest BCUT2D eigenvalue weighted by molar-refractivity contribution is -0.189. The van der Waals surface area contributed by atoms with E-state index < -0.39 is 29.8 Å². The molecule has 2 atom stereocenters. The monoisotopic (exact) mass is 567 g/mol. The van der Waals surface area contributed by atoms with Crippen LogP contribution in [0.15, 0.2) is 48.7 Å². The van der Waals surface area contributed by atoms with E-state index in [0.29, 0.717) is 25.2 Å². The van der Waals surface area contributed by atoms with Crippen molar-refractivity contribution in [3.05, 3.63) is 70.6 Å². The molecule has 0 saturated heterocycles. The number of hydrogen-bond acceptors (Lipinski definition) is 5. The Kier molecular flexibility index (Phi) is 9.69. The number of carbonyl (C=O) groups excluding carboxylic acids is 1. The van der Waals surface area contributed by atoms with Crippen molar-refractivity contribution in [1.29, 1.82) is 0 Å². The van der Waals surface area contributed by atoms with Gasteiger partial charge < -0.3 is 24.8 Å². The summed E-state index contributed by atoms with van der Waals surface area (Å²) < 4.78 is 45.1. The van der Waals surface area contributed by atoms with Crippen LogP contribution in [-0.2, 0) is 18.6 Å². The summed E-state index contributed by atoms with van der Waals surface area (Å²) in [7, 11) is 0. The van der Waals surface area contributed by atoms with Crippen molar-refractivity contribution in [2.45, 2.75) is 71.0 Å². The normalized spacial score (nSPS) is 13.7. The second-order valence-electron chi connectivity index (χ2n) is 9.83. The number of nitrogens with one attached hydrogen (secondary N) is 1. The molecule has 2 aromatic carbocycles. The molecule has 39 heavy (non-hydrogen) atoms. The van der Waals surface area contributed by atoms with Gasteiger partial charge in [-0.25, -0.2) is 4.98 Å². The summed E-state index contributed by atoms with van der Waals surface area (Å²) in [5, 5.41) is 22.7. The minimum Gasteiger partial charge on any atom is -0.480 e. The molecule has 0 aliphatic rings. The zero-order valence-electron chi connectivity index (χ0n) is 22.2. The van der Waals surface area contributed by atoms with Crippen LogP contribution in [-0.4, -0.2) is 50.6 Å². The Morgan fingerprint density at radius 3 is 2.36 bits per heavy atom. The fourth-order valence-electron chi connectivity index (χ4n) is 4.03. The maximum atomic E-state index is 12.8. The molecule has 0 aliphatic heterocycles. The van der Waals surface area contributed by atoms with Gasteiger partial charge in [-0.3, -0.25) is 4.79 Å². The Bertz CT molecular complexity index is 1270. The molecule has 0 fully saturated rings. The number of amides is 1. The molecule has 0 saturated carbocycles. The predicted octanol–water partition coefficient (Wildman–Crippen LogP) is 5.50. The van der Waals surface area contributed by atoms with Crippen molar-refractivity contribution in [3.8, 4) is 17.0 Å². The second-order valence-corrected chi connectivity index (χ2v) is 10.2. The summed E-state index contributed by atoms with van der Waals surface area (Å²) in [5.41, 5.74) is 1.59. The highest BCUT2D eigenvalue weighted by Gasteiger charge is 2.38. The summed E-state index contributed by atoms with van der Waals surface area (Å²) in [4.78, 5) is 17.4. The van der Waals surface area contributed by atoms with Gasteiger partial charge in [0.1, 0.15) is 17.2 Å². The zero-order valence-corrected chi connectivity index (χ0v) is 23.0. The third-order valence-electron chi connectivity index (χ3n) is 6.17. The molecule has 212 valence electrons. The molecule has 0 bridgehead atoms. The van der Waals surface area contributed by atoms with E-state index in [-0.39, 0.29) is 22.9 Å². The maximum absolute atomic E-state index is 12.8. The average Bonchev–Trinajstić information content (AvgIpc) is 3.30. The van der Waals surface area contributed by atoms with Gasteiger partial charge in [-0.1, -0.05) is 35.9 Å². The molecule has 3 rings (SSSR count). The van der Waals surface area contributed by atoms with Crippen LogP contribution in [0.1, 0.15) is 55.9 Å². The average molecular weight is 568 g/mol. The SMILES string of the molecule is CCn1cc(-c2ccc(CC(CCO)NC(=O)c3ccc(OC(C)C(F)(F)F)c(Cl)c3)cc2)nc1C(C)(C)O. The summed E-state index contributed by atoms with van der Waals surface area (Å²) in [5.74, 6) is -0.0838. The van der Waals surface area contributed by atoms with Gasteiger partial charge in [-0.15, -0.1) is 0 Å². The number of nitrogens with zero attached hydrogens (tertiary/aromatic N) is 2. The number of ether oxygens (including phenoxy) is 1. The van der Waals surface area contributed by atoms with Crippen LogP contribution < -0.4 is 10.1 Å². The number of hydrogen-bond donors (Lipinski definition) is 3. The lowest BCUT2D eigenvalue weighted by atomic mass is 10.0. The highest BCUT2D eigenvalue weighted by molar-refractivity contribution is 6.32. The fraction of sp³-hybridized carbons (Fsp3) is 0.429. The molecule has 3 N–H and O–H groups in total. The number of aliphatic hydroxyl groups excluding tert-OH is 1. The smallest absolute Gasteiger partial charge is 0.425 e. The van der Waals surface area contributed by atoms with Crippen molar-refractivity contribution >= 4 is 17.5 Å². The molecule has 3 aromatic rings. The number of aromatic nitrogens is 2. The second kappa shape index (κ2) is 12.4. The number of aliphatic hydroxyl groups is 2. The van der Waals surface area contributed by atoms with Crippen molar-refractivity contribution in [2.75, 3.05) is 6.61 Å². The lowest BCUT2D eigenvalue weighted by Crippen LogP contribution is -2.37. The molecular weight excluding hydrogens is 535 g/mol. The molecule has 0 aliphatic carbocycles. The van der Waals surface area contributed by atoms with Gasteiger partial charge in [-0.2, -0.15) is 13.2 Å². The van der Waals surface area contributed by atoms with E-state index in [9.17, 15) is 28.2 Å². The first kappa shape index (κ1) is 30.5. The first-order valence-corrected chi connectivity index (χ1v) is 12.9. The highest BCUT2D eigenvalue weighted by atomic mass is 35.5. The van der Waals surface area contributed by atoms with Crippen LogP contribution in [0.4, 0.5) is 13.2 Å². The summed E-state index contributed by atoms with van der Waals surface area (Å²) >= 11 is 6.07. The summed E-state index contributed by atoms with van der Waals surface area (Å²) in [6, 6.07) is 11.0. The predicted molar refractivity (Wildman–Crippen MR) is 143 cm³/mol. The molecule has 1 aromatic heterocycles. The number of aryl methyl sites for hydroxylation is 1. The van der Waals surface area contributed by atoms with Crippen molar-refractivity contribution in [3.63, 3.8) is 0 Å². The first-order valence-electron chi connectivity index (χ1n) is 12.6. The Morgan fingerprint density at radius 1 is 1.18 bits per heavy atom. The Labute approximate surface area is 230 Å². The number of carbonyl (C=O) groups is 1. The van der Waals surface area contributed by atoms with E-state index in [1.165, 1.54) is 18.2 Å². The van der Waals surface area contributed by atoms with E-state index in [1.807, 2.05) is 42.0 Å². The van der Waals surface area contributed by atoms with Gasteiger partial charge in [0.05, 0.1) is 10.7 Å². The minimum absolute atomic E-state index is 0.119. The van der Waals surface area contributed by atoms with Crippen LogP contribution >= 0.6 is 11.6 Å². The van der Waals surface area contributed by atoms with Crippen molar-refractivity contribution in [1.82, 2.24) is 14.9 Å². The molecular formula is C28H33ClF3N3O4. The lowest BCUT2D eigenvalue weighted by Gasteiger charge is -2.20. The molecule has 0 radical (unpaired) electrons. The maximum Gasteiger partial charge on any atom is 0.425 e. The van der Waals surface area contributed by atoms with Gasteiger partial charge >= 0.3 is 6.18 Å². The standard InChI is InChI=1S/C28H33ClF3N3O4/c1-5-35-16-23(34-26(35)27(3,4)38)19-8-6-18(7-9-19)14-21(12-13-36)33-25(37)20-10-11-24(22(29)15-20)39-17(2)28(30,31)32/h6-11,15-17,21,36,38H,5,12-14H2,1-4H3,(H,33,37). The summed E-state index contributed by atoms with van der Waals surface area (Å²) in [6.45, 7) is 6.74. The van der Waals surface area contributed by atoms with Gasteiger partial charge in [0.25, 0.3) is 5.91 Å². The molecule has 0 spiro atoms. The summed E-state index contributed by atoms with van der Waals surface area (Å²) in [6.07, 6.45) is -3.99. The third kappa shape index (κ3) is 7.97. The number of imidazole rings is 1. The van der Waals surface area contributed by atoms with E-state index in [0.717, 1.165) is 23.7 Å². The Balaban J connectivity index is 1.69. The van der Waals surface area contributed by atoms with Crippen molar-refractivity contribution in [2.24, 2.45) is 0 Å². The Hall–Kier alpha value is -3.08. The molecule has 11 heteroatoms. The van der Waals surface area contributed by atoms with Crippen LogP contribution in [0.5, 0.6) is 5.75 Å². The molecule has 1 amide bonds. The van der Waals surface area contributed by atoms with Crippen LogP contribution in [0, 0.1) is 0 Å². The van der Waals surface area contributed by atoms with Gasteiger partial charge in [0, 0.05) is 36.5 Å². The minimum atomic E-state index is -4.55. The number of benzene rings is 2. The zero-order chi connectivity index (χ0) is 29.0. The quantitative estimate of drug-likeness (QED) is 0.284. The third-order valence-corrected chi connectivity index (χ3v) is 6.46. The van der Waals surface area contributed by atoms with Crippen LogP contribution in [0.25, 0.3) is 11.3 Å². The number of alkyl halides is 3. The first-order chi connectivity index (χ1) is 18.2. The molecule has 1 heterocycles. The topological polar surface area (TPSA) is 96.6 Å².